The van der Waals surface area contributed by atoms with Crippen LogP contribution in [0.15, 0.2) is 4.52 Å². The van der Waals surface area contributed by atoms with Crippen molar-refractivity contribution in [3.05, 3.63) is 11.7 Å². The Hall–Kier alpha value is -2.00. The number of hydrogen-bond donors (Lipinski definition) is 1. The molecule has 1 atom stereocenters. The van der Waals surface area contributed by atoms with E-state index in [4.69, 9.17) is 4.52 Å². The minimum atomic E-state index is -0.281. The molecule has 3 heterocycles. The van der Waals surface area contributed by atoms with Crippen LogP contribution in [-0.2, 0) is 17.8 Å². The summed E-state index contributed by atoms with van der Waals surface area (Å²) in [6.45, 7) is 5.81. The number of aromatic nitrogens is 2. The zero-order valence-corrected chi connectivity index (χ0v) is 14.2. The van der Waals surface area contributed by atoms with Crippen LogP contribution in [0.1, 0.15) is 25.1 Å². The van der Waals surface area contributed by atoms with Crippen LogP contribution in [0.3, 0.4) is 0 Å². The summed E-state index contributed by atoms with van der Waals surface area (Å²) in [5.41, 5.74) is 0. The number of imide groups is 1. The second kappa shape index (κ2) is 7.27. The van der Waals surface area contributed by atoms with Crippen molar-refractivity contribution in [1.82, 2.24) is 30.2 Å². The number of nitrogens with zero attached hydrogens (tertiary/aromatic N) is 5. The number of likely N-dealkylation sites (tertiary alicyclic amines) is 1. The predicted octanol–water partition coefficient (Wildman–Crippen LogP) is -0.310. The number of aryl methyl sites for hydroxylation is 1. The maximum atomic E-state index is 11.6. The maximum Gasteiger partial charge on any atom is 0.324 e. The zero-order valence-electron chi connectivity index (χ0n) is 14.2. The first-order chi connectivity index (χ1) is 11.6. The van der Waals surface area contributed by atoms with Gasteiger partial charge >= 0.3 is 6.03 Å². The van der Waals surface area contributed by atoms with Crippen molar-refractivity contribution in [3.8, 4) is 0 Å². The first-order valence-electron chi connectivity index (χ1n) is 8.39. The molecule has 0 spiro atoms. The molecular weight excluding hydrogens is 312 g/mol. The number of carbonyl (C=O) groups excluding carboxylic acids is 2. The standard InChI is InChI=1S/C15H24N6O3/c1-3-13-17-12(18-24-13)10-19(2)11-4-5-20(9-11)6-7-21-14(22)8-16-15(21)23/h11H,3-10H2,1-2H3,(H,16,23). The van der Waals surface area contributed by atoms with Gasteiger partial charge in [-0.2, -0.15) is 4.98 Å². The Labute approximate surface area is 141 Å². The second-order valence-corrected chi connectivity index (χ2v) is 6.32. The normalized spacial score (nSPS) is 22.0. The molecule has 2 saturated heterocycles. The van der Waals surface area contributed by atoms with Crippen molar-refractivity contribution in [2.24, 2.45) is 0 Å². The van der Waals surface area contributed by atoms with E-state index in [9.17, 15) is 9.59 Å². The molecular formula is C15H24N6O3. The Morgan fingerprint density at radius 1 is 1.38 bits per heavy atom. The van der Waals surface area contributed by atoms with Crippen LogP contribution < -0.4 is 5.32 Å². The molecule has 1 aromatic rings. The fraction of sp³-hybridized carbons (Fsp3) is 0.733. The number of likely N-dealkylation sites (N-methyl/N-ethyl adjacent to an activating group) is 1. The van der Waals surface area contributed by atoms with E-state index in [2.05, 4.69) is 32.3 Å². The Balaban J connectivity index is 1.44. The number of amides is 3. The lowest BCUT2D eigenvalue weighted by atomic mass is 10.2. The van der Waals surface area contributed by atoms with Crippen LogP contribution >= 0.6 is 0 Å². The third-order valence-electron chi connectivity index (χ3n) is 4.65. The van der Waals surface area contributed by atoms with Gasteiger partial charge in [0.25, 0.3) is 0 Å². The van der Waals surface area contributed by atoms with E-state index in [0.717, 1.165) is 25.9 Å². The first kappa shape index (κ1) is 16.8. The molecule has 1 N–H and O–H groups in total. The summed E-state index contributed by atoms with van der Waals surface area (Å²) in [5.74, 6) is 1.24. The van der Waals surface area contributed by atoms with Crippen LogP contribution in [-0.4, -0.2) is 82.6 Å². The van der Waals surface area contributed by atoms with E-state index in [0.29, 0.717) is 37.4 Å². The predicted molar refractivity (Wildman–Crippen MR) is 85.1 cm³/mol. The first-order valence-corrected chi connectivity index (χ1v) is 8.39. The molecule has 3 rings (SSSR count). The van der Waals surface area contributed by atoms with Crippen LogP contribution in [0.4, 0.5) is 4.79 Å². The van der Waals surface area contributed by atoms with Crippen molar-refractivity contribution in [2.75, 3.05) is 39.8 Å². The number of rotatable bonds is 7. The molecule has 1 aromatic heterocycles. The Morgan fingerprint density at radius 2 is 2.21 bits per heavy atom. The van der Waals surface area contributed by atoms with Gasteiger partial charge in [0, 0.05) is 32.1 Å². The van der Waals surface area contributed by atoms with Gasteiger partial charge in [0.15, 0.2) is 5.82 Å². The lowest BCUT2D eigenvalue weighted by Crippen LogP contribution is -2.39. The van der Waals surface area contributed by atoms with Gasteiger partial charge in [-0.1, -0.05) is 12.1 Å². The van der Waals surface area contributed by atoms with Crippen LogP contribution in [0, 0.1) is 0 Å². The minimum Gasteiger partial charge on any atom is -0.339 e. The molecule has 9 nitrogen and oxygen atoms in total. The molecule has 24 heavy (non-hydrogen) atoms. The van der Waals surface area contributed by atoms with Gasteiger partial charge in [0.1, 0.15) is 0 Å². The van der Waals surface area contributed by atoms with Crippen molar-refractivity contribution >= 4 is 11.9 Å². The molecule has 1 unspecified atom stereocenters. The maximum absolute atomic E-state index is 11.6. The summed E-state index contributed by atoms with van der Waals surface area (Å²) < 4.78 is 5.14. The van der Waals surface area contributed by atoms with Crippen molar-refractivity contribution in [2.45, 2.75) is 32.4 Å². The molecule has 0 bridgehead atoms. The van der Waals surface area contributed by atoms with Gasteiger partial charge < -0.3 is 9.84 Å². The molecule has 0 aromatic carbocycles. The number of nitrogens with one attached hydrogen (secondary N) is 1. The van der Waals surface area contributed by atoms with E-state index in [-0.39, 0.29) is 18.5 Å². The molecule has 9 heteroatoms. The van der Waals surface area contributed by atoms with Crippen molar-refractivity contribution in [1.29, 1.82) is 0 Å². The highest BCUT2D eigenvalue weighted by Crippen LogP contribution is 2.16. The van der Waals surface area contributed by atoms with Gasteiger partial charge in [0.05, 0.1) is 13.1 Å². The number of urea groups is 1. The fourth-order valence-electron chi connectivity index (χ4n) is 3.15. The Morgan fingerprint density at radius 3 is 2.88 bits per heavy atom. The van der Waals surface area contributed by atoms with Crippen LogP contribution in [0.2, 0.25) is 0 Å². The Bertz CT molecular complexity index is 588. The van der Waals surface area contributed by atoms with E-state index < -0.39 is 0 Å². The molecule has 2 aliphatic rings. The third kappa shape index (κ3) is 3.73. The average molecular weight is 336 g/mol. The monoisotopic (exact) mass is 336 g/mol. The smallest absolute Gasteiger partial charge is 0.324 e. The quantitative estimate of drug-likeness (QED) is 0.683. The second-order valence-electron chi connectivity index (χ2n) is 6.32. The van der Waals surface area contributed by atoms with Crippen LogP contribution in [0.25, 0.3) is 0 Å². The molecule has 0 aliphatic carbocycles. The SMILES string of the molecule is CCc1nc(CN(C)C2CCN(CCN3C(=O)CNC3=O)C2)no1. The molecule has 132 valence electrons. The van der Waals surface area contributed by atoms with E-state index in [1.807, 2.05) is 6.92 Å². The molecule has 2 aliphatic heterocycles. The molecule has 0 saturated carbocycles. The van der Waals surface area contributed by atoms with Gasteiger partial charge in [0.2, 0.25) is 11.8 Å². The summed E-state index contributed by atoms with van der Waals surface area (Å²) in [6, 6.07) is 0.133. The van der Waals surface area contributed by atoms with Gasteiger partial charge in [-0.25, -0.2) is 4.79 Å². The summed E-state index contributed by atoms with van der Waals surface area (Å²) >= 11 is 0. The van der Waals surface area contributed by atoms with E-state index in [1.54, 1.807) is 0 Å². The summed E-state index contributed by atoms with van der Waals surface area (Å²) in [7, 11) is 2.06. The topological polar surface area (TPSA) is 94.8 Å². The summed E-state index contributed by atoms with van der Waals surface area (Å²) in [6.07, 6.45) is 1.80. The fourth-order valence-corrected chi connectivity index (χ4v) is 3.15. The minimum absolute atomic E-state index is 0.120. The highest BCUT2D eigenvalue weighted by molar-refractivity contribution is 6.01. The lowest BCUT2D eigenvalue weighted by Gasteiger charge is -2.24. The van der Waals surface area contributed by atoms with Crippen LogP contribution in [0.5, 0.6) is 0 Å². The molecule has 3 amide bonds. The van der Waals surface area contributed by atoms with E-state index in [1.165, 1.54) is 4.90 Å². The summed E-state index contributed by atoms with van der Waals surface area (Å²) in [5, 5.41) is 6.54. The number of hydrogen-bond acceptors (Lipinski definition) is 7. The highest BCUT2D eigenvalue weighted by Gasteiger charge is 2.31. The van der Waals surface area contributed by atoms with Crippen molar-refractivity contribution in [3.63, 3.8) is 0 Å². The third-order valence-corrected chi connectivity index (χ3v) is 4.65. The molecule has 2 fully saturated rings. The average Bonchev–Trinajstić information content (AvgIpc) is 3.27. The molecule has 0 radical (unpaired) electrons. The van der Waals surface area contributed by atoms with Gasteiger partial charge in [-0.3, -0.25) is 19.5 Å². The van der Waals surface area contributed by atoms with Gasteiger partial charge in [-0.05, 0) is 20.0 Å². The van der Waals surface area contributed by atoms with E-state index >= 15 is 0 Å². The lowest BCUT2D eigenvalue weighted by molar-refractivity contribution is -0.125. The Kier molecular flexibility index (Phi) is 5.10. The largest absolute Gasteiger partial charge is 0.339 e. The van der Waals surface area contributed by atoms with Gasteiger partial charge in [-0.15, -0.1) is 0 Å². The number of carbonyl (C=O) groups is 2. The van der Waals surface area contributed by atoms with Crippen molar-refractivity contribution < 1.29 is 14.1 Å². The zero-order chi connectivity index (χ0) is 17.1. The summed E-state index contributed by atoms with van der Waals surface area (Å²) in [4.78, 5) is 33.3. The highest BCUT2D eigenvalue weighted by atomic mass is 16.5.